The predicted octanol–water partition coefficient (Wildman–Crippen LogP) is 3.97. The van der Waals surface area contributed by atoms with Gasteiger partial charge in [0.25, 0.3) is 5.91 Å². The molecule has 1 saturated carbocycles. The van der Waals surface area contributed by atoms with E-state index >= 15 is 0 Å². The van der Waals surface area contributed by atoms with Crippen LogP contribution in [0.4, 0.5) is 0 Å². The third kappa shape index (κ3) is 4.30. The van der Waals surface area contributed by atoms with Gasteiger partial charge >= 0.3 is 0 Å². The fourth-order valence-corrected chi connectivity index (χ4v) is 4.95. The lowest BCUT2D eigenvalue weighted by atomic mass is 9.82. The number of rotatable bonds is 6. The van der Waals surface area contributed by atoms with Gasteiger partial charge in [-0.2, -0.15) is 0 Å². The Balaban J connectivity index is 1.48. The van der Waals surface area contributed by atoms with Gasteiger partial charge in [-0.1, -0.05) is 54.6 Å². The van der Waals surface area contributed by atoms with E-state index in [1.165, 1.54) is 11.1 Å². The second kappa shape index (κ2) is 8.16. The fraction of sp³-hybridized carbons (Fsp3) is 0.500. The van der Waals surface area contributed by atoms with Crippen molar-refractivity contribution in [3.63, 3.8) is 0 Å². The molecule has 1 heterocycles. The first-order valence-corrected chi connectivity index (χ1v) is 11.2. The minimum atomic E-state index is -1.38. The summed E-state index contributed by atoms with van der Waals surface area (Å²) >= 11 is 0. The van der Waals surface area contributed by atoms with E-state index in [9.17, 15) is 9.90 Å². The molecule has 2 aromatic carbocycles. The highest BCUT2D eigenvalue weighted by molar-refractivity contribution is 5.87. The Morgan fingerprint density at radius 1 is 1.00 bits per heavy atom. The van der Waals surface area contributed by atoms with Gasteiger partial charge in [0.15, 0.2) is 5.60 Å². The van der Waals surface area contributed by atoms with Crippen LogP contribution in [0.3, 0.4) is 0 Å². The molecule has 1 atom stereocenters. The summed E-state index contributed by atoms with van der Waals surface area (Å²) in [5, 5.41) is 11.5. The van der Waals surface area contributed by atoms with Crippen LogP contribution in [-0.4, -0.2) is 34.5 Å². The fourth-order valence-electron chi connectivity index (χ4n) is 4.95. The highest BCUT2D eigenvalue weighted by Crippen LogP contribution is 2.47. The van der Waals surface area contributed by atoms with Gasteiger partial charge < -0.3 is 15.7 Å². The molecule has 4 nitrogen and oxygen atoms in total. The van der Waals surface area contributed by atoms with E-state index in [1.807, 2.05) is 35.2 Å². The van der Waals surface area contributed by atoms with Crippen molar-refractivity contribution in [2.24, 2.45) is 11.7 Å². The van der Waals surface area contributed by atoms with E-state index in [0.717, 1.165) is 37.7 Å². The van der Waals surface area contributed by atoms with E-state index in [2.05, 4.69) is 38.1 Å². The summed E-state index contributed by atoms with van der Waals surface area (Å²) in [6.07, 6.45) is 4.51. The minimum Gasteiger partial charge on any atom is -0.375 e. The molecule has 0 radical (unpaired) electrons. The Bertz CT molecular complexity index is 877. The van der Waals surface area contributed by atoms with Crippen LogP contribution in [0.25, 0.3) is 0 Å². The molecule has 3 N–H and O–H groups in total. The maximum atomic E-state index is 13.5. The molecule has 0 bridgehead atoms. The number of amides is 1. The van der Waals surface area contributed by atoms with Crippen molar-refractivity contribution < 1.29 is 9.90 Å². The zero-order valence-corrected chi connectivity index (χ0v) is 18.2. The topological polar surface area (TPSA) is 66.6 Å². The van der Waals surface area contributed by atoms with Crippen LogP contribution in [0.5, 0.6) is 0 Å². The van der Waals surface area contributed by atoms with Crippen LogP contribution in [0.15, 0.2) is 54.6 Å². The Kier molecular flexibility index (Phi) is 5.73. The number of likely N-dealkylation sites (tertiary alicyclic amines) is 1. The van der Waals surface area contributed by atoms with Gasteiger partial charge in [0.05, 0.1) is 0 Å². The Morgan fingerprint density at radius 2 is 1.60 bits per heavy atom. The third-order valence-electron chi connectivity index (χ3n) is 6.63. The van der Waals surface area contributed by atoms with Gasteiger partial charge in [-0.3, -0.25) is 4.79 Å². The number of hydrogen-bond donors (Lipinski definition) is 2. The van der Waals surface area contributed by atoms with E-state index in [1.54, 1.807) is 0 Å². The average Bonchev–Trinajstić information content (AvgIpc) is 3.59. The summed E-state index contributed by atoms with van der Waals surface area (Å²) in [6.45, 7) is 5.50. The smallest absolute Gasteiger partial charge is 0.259 e. The summed E-state index contributed by atoms with van der Waals surface area (Å²) in [4.78, 5) is 15.3. The van der Waals surface area contributed by atoms with E-state index < -0.39 is 5.60 Å². The van der Waals surface area contributed by atoms with Crippen LogP contribution in [0.1, 0.15) is 62.1 Å². The molecule has 4 heteroatoms. The lowest BCUT2D eigenvalue weighted by Gasteiger charge is -2.38. The molecule has 160 valence electrons. The number of carbonyl (C=O) groups excluding carboxylic acids is 1. The first-order chi connectivity index (χ1) is 14.3. The summed E-state index contributed by atoms with van der Waals surface area (Å²) in [7, 11) is 0. The highest BCUT2D eigenvalue weighted by Gasteiger charge is 2.52. The Labute approximate surface area is 180 Å². The molecular formula is C26H34N2O2. The zero-order valence-electron chi connectivity index (χ0n) is 18.2. The van der Waals surface area contributed by atoms with Gasteiger partial charge in [-0.05, 0) is 68.6 Å². The second-order valence-corrected chi connectivity index (χ2v) is 9.84. The van der Waals surface area contributed by atoms with Gasteiger partial charge in [-0.25, -0.2) is 0 Å². The van der Waals surface area contributed by atoms with Crippen molar-refractivity contribution in [3.8, 4) is 0 Å². The van der Waals surface area contributed by atoms with Crippen molar-refractivity contribution >= 4 is 5.91 Å². The van der Waals surface area contributed by atoms with E-state index in [0.29, 0.717) is 19.0 Å². The minimum absolute atomic E-state index is 0.0395. The van der Waals surface area contributed by atoms with Crippen molar-refractivity contribution in [2.75, 3.05) is 13.1 Å². The molecule has 2 aliphatic rings. The molecular weight excluding hydrogens is 372 g/mol. The number of hydrogen-bond acceptors (Lipinski definition) is 3. The molecule has 0 spiro atoms. The van der Waals surface area contributed by atoms with Crippen molar-refractivity contribution in [2.45, 2.75) is 63.0 Å². The highest BCUT2D eigenvalue weighted by atomic mass is 16.3. The molecule has 1 unspecified atom stereocenters. The van der Waals surface area contributed by atoms with Gasteiger partial charge in [0.2, 0.25) is 0 Å². The van der Waals surface area contributed by atoms with E-state index in [-0.39, 0.29) is 17.4 Å². The number of piperidine rings is 1. The molecule has 2 fully saturated rings. The maximum absolute atomic E-state index is 13.5. The number of aliphatic hydroxyl groups is 1. The normalized spacial score (nSPS) is 20.1. The summed E-state index contributed by atoms with van der Waals surface area (Å²) in [5.41, 5.74) is 8.07. The predicted molar refractivity (Wildman–Crippen MR) is 120 cm³/mol. The summed E-state index contributed by atoms with van der Waals surface area (Å²) in [6, 6.07) is 18.1. The molecule has 1 saturated heterocycles. The van der Waals surface area contributed by atoms with Crippen LogP contribution < -0.4 is 5.73 Å². The summed E-state index contributed by atoms with van der Waals surface area (Å²) in [5.74, 6) is 0.349. The maximum Gasteiger partial charge on any atom is 0.259 e. The first-order valence-electron chi connectivity index (χ1n) is 11.2. The lowest BCUT2D eigenvalue weighted by molar-refractivity contribution is -0.156. The molecule has 1 amide bonds. The quantitative estimate of drug-likeness (QED) is 0.763. The van der Waals surface area contributed by atoms with Crippen LogP contribution in [-0.2, 0) is 16.8 Å². The second-order valence-electron chi connectivity index (χ2n) is 9.84. The molecule has 1 aliphatic carbocycles. The van der Waals surface area contributed by atoms with Crippen molar-refractivity contribution in [1.29, 1.82) is 0 Å². The van der Waals surface area contributed by atoms with Crippen molar-refractivity contribution in [1.82, 2.24) is 4.90 Å². The molecule has 30 heavy (non-hydrogen) atoms. The standard InChI is InChI=1S/C26H34N2O2/c1-25(2,27)18-20-8-6-7-11-23(20)19-14-16-28(17-15-19)24(29)26(30,22-12-13-22)21-9-4-3-5-10-21/h3-11,19,22,30H,12-18,27H2,1-2H3. The average molecular weight is 407 g/mol. The monoisotopic (exact) mass is 406 g/mol. The zero-order chi connectivity index (χ0) is 21.4. The summed E-state index contributed by atoms with van der Waals surface area (Å²) < 4.78 is 0. The SMILES string of the molecule is CC(C)(N)Cc1ccccc1C1CCN(C(=O)C(O)(c2ccccc2)C2CC2)CC1. The number of carbonyl (C=O) groups is 1. The van der Waals surface area contributed by atoms with E-state index in [4.69, 9.17) is 5.73 Å². The van der Waals surface area contributed by atoms with Crippen LogP contribution >= 0.6 is 0 Å². The lowest BCUT2D eigenvalue weighted by Crippen LogP contribution is -2.50. The molecule has 0 aromatic heterocycles. The first kappa shape index (κ1) is 21.1. The molecule has 4 rings (SSSR count). The Hall–Kier alpha value is -2.17. The number of nitrogens with zero attached hydrogens (tertiary/aromatic N) is 1. The van der Waals surface area contributed by atoms with Crippen molar-refractivity contribution in [3.05, 3.63) is 71.3 Å². The number of nitrogens with two attached hydrogens (primary N) is 1. The Morgan fingerprint density at radius 3 is 2.20 bits per heavy atom. The number of benzene rings is 2. The largest absolute Gasteiger partial charge is 0.375 e. The third-order valence-corrected chi connectivity index (χ3v) is 6.63. The molecule has 2 aromatic rings. The van der Waals surface area contributed by atoms with Gasteiger partial charge in [0, 0.05) is 24.5 Å². The molecule has 1 aliphatic heterocycles. The van der Waals surface area contributed by atoms with Gasteiger partial charge in [-0.15, -0.1) is 0 Å². The van der Waals surface area contributed by atoms with Crippen LogP contribution in [0.2, 0.25) is 0 Å². The van der Waals surface area contributed by atoms with Gasteiger partial charge in [0.1, 0.15) is 0 Å². The van der Waals surface area contributed by atoms with Crippen LogP contribution in [0, 0.1) is 5.92 Å².